The number of carbonyl (C=O) groups is 2. The first kappa shape index (κ1) is 23.7. The molecule has 3 aromatic heterocycles. The van der Waals surface area contributed by atoms with Crippen LogP contribution >= 0.6 is 0 Å². The Hall–Kier alpha value is -3.99. The summed E-state index contributed by atoms with van der Waals surface area (Å²) in [5.74, 6) is -0.599. The normalized spacial score (nSPS) is 11.2. The Bertz CT molecular complexity index is 1130. The van der Waals surface area contributed by atoms with Gasteiger partial charge in [-0.15, -0.1) is 0 Å². The Morgan fingerprint density at radius 2 is 1.76 bits per heavy atom. The maximum Gasteiger partial charge on any atom is 0.276 e. The molecule has 0 bridgehead atoms. The Morgan fingerprint density at radius 1 is 1.03 bits per heavy atom. The molecule has 0 unspecified atom stereocenters. The third-order valence-electron chi connectivity index (χ3n) is 4.33. The summed E-state index contributed by atoms with van der Waals surface area (Å²) in [6.45, 7) is 7.00. The second-order valence-corrected chi connectivity index (χ2v) is 8.25. The second-order valence-electron chi connectivity index (χ2n) is 8.25. The van der Waals surface area contributed by atoms with Crippen molar-refractivity contribution in [1.82, 2.24) is 30.2 Å². The SMILES string of the molecule is CC(C)c1ncc(Nc2cncnc2)c(C(=O)Nc2cccnc2C(=O)NCC(C)(C)O)n1. The van der Waals surface area contributed by atoms with E-state index in [0.717, 1.165) is 0 Å². The Labute approximate surface area is 191 Å². The largest absolute Gasteiger partial charge is 0.389 e. The summed E-state index contributed by atoms with van der Waals surface area (Å²) in [4.78, 5) is 46.6. The number of hydrogen-bond acceptors (Lipinski definition) is 9. The van der Waals surface area contributed by atoms with E-state index in [9.17, 15) is 14.7 Å². The van der Waals surface area contributed by atoms with Gasteiger partial charge in [0.15, 0.2) is 11.4 Å². The molecule has 0 saturated heterocycles. The third kappa shape index (κ3) is 6.50. The molecule has 11 heteroatoms. The molecule has 172 valence electrons. The van der Waals surface area contributed by atoms with Crippen molar-refractivity contribution < 1.29 is 14.7 Å². The van der Waals surface area contributed by atoms with Gasteiger partial charge in [0.2, 0.25) is 0 Å². The highest BCUT2D eigenvalue weighted by Gasteiger charge is 2.22. The minimum absolute atomic E-state index is 0.00720. The van der Waals surface area contributed by atoms with Gasteiger partial charge in [0, 0.05) is 18.7 Å². The van der Waals surface area contributed by atoms with Crippen LogP contribution in [0.3, 0.4) is 0 Å². The van der Waals surface area contributed by atoms with Crippen LogP contribution in [0, 0.1) is 0 Å². The zero-order valence-corrected chi connectivity index (χ0v) is 18.8. The van der Waals surface area contributed by atoms with E-state index in [1.54, 1.807) is 38.4 Å². The molecule has 0 aliphatic heterocycles. The Balaban J connectivity index is 1.89. The second kappa shape index (κ2) is 10.1. The minimum atomic E-state index is -1.09. The topological polar surface area (TPSA) is 155 Å². The molecule has 3 rings (SSSR count). The number of carbonyl (C=O) groups excluding carboxylic acids is 2. The van der Waals surface area contributed by atoms with Gasteiger partial charge < -0.3 is 21.1 Å². The van der Waals surface area contributed by atoms with Crippen LogP contribution in [0.25, 0.3) is 0 Å². The van der Waals surface area contributed by atoms with Gasteiger partial charge in [-0.25, -0.2) is 24.9 Å². The van der Waals surface area contributed by atoms with Gasteiger partial charge >= 0.3 is 0 Å². The van der Waals surface area contributed by atoms with E-state index in [2.05, 4.69) is 40.9 Å². The summed E-state index contributed by atoms with van der Waals surface area (Å²) >= 11 is 0. The van der Waals surface area contributed by atoms with E-state index in [4.69, 9.17) is 0 Å². The lowest BCUT2D eigenvalue weighted by Gasteiger charge is -2.18. The van der Waals surface area contributed by atoms with Gasteiger partial charge in [-0.05, 0) is 26.0 Å². The van der Waals surface area contributed by atoms with E-state index in [1.807, 2.05) is 13.8 Å². The van der Waals surface area contributed by atoms with Crippen LogP contribution in [-0.2, 0) is 0 Å². The van der Waals surface area contributed by atoms with E-state index in [0.29, 0.717) is 17.2 Å². The average Bonchev–Trinajstić information content (AvgIpc) is 2.78. The van der Waals surface area contributed by atoms with Crippen molar-refractivity contribution in [3.63, 3.8) is 0 Å². The van der Waals surface area contributed by atoms with Gasteiger partial charge in [-0.3, -0.25) is 9.59 Å². The van der Waals surface area contributed by atoms with E-state index < -0.39 is 17.4 Å². The van der Waals surface area contributed by atoms with E-state index in [-0.39, 0.29) is 29.5 Å². The molecule has 3 heterocycles. The van der Waals surface area contributed by atoms with Crippen molar-refractivity contribution in [2.24, 2.45) is 0 Å². The summed E-state index contributed by atoms with van der Waals surface area (Å²) in [6.07, 6.45) is 7.46. The zero-order chi connectivity index (χ0) is 24.0. The predicted molar refractivity (Wildman–Crippen MR) is 122 cm³/mol. The fourth-order valence-corrected chi connectivity index (χ4v) is 2.71. The maximum absolute atomic E-state index is 13.2. The molecule has 0 spiro atoms. The molecule has 0 aliphatic carbocycles. The number of rotatable bonds is 8. The Kier molecular flexibility index (Phi) is 7.23. The molecular weight excluding hydrogens is 424 g/mol. The number of hydrogen-bond donors (Lipinski definition) is 4. The van der Waals surface area contributed by atoms with Crippen molar-refractivity contribution >= 4 is 28.9 Å². The number of anilines is 3. The molecule has 0 fully saturated rings. The molecule has 4 N–H and O–H groups in total. The van der Waals surface area contributed by atoms with Crippen LogP contribution in [0.15, 0.2) is 43.2 Å². The molecule has 0 aliphatic rings. The number of aromatic nitrogens is 5. The maximum atomic E-state index is 13.2. The van der Waals surface area contributed by atoms with Crippen LogP contribution in [0.1, 0.15) is 60.4 Å². The Morgan fingerprint density at radius 3 is 2.42 bits per heavy atom. The highest BCUT2D eigenvalue weighted by Crippen LogP contribution is 2.22. The fourth-order valence-electron chi connectivity index (χ4n) is 2.71. The summed E-state index contributed by atoms with van der Waals surface area (Å²) in [5.41, 5.74) is 0.117. The van der Waals surface area contributed by atoms with Crippen LogP contribution in [0.4, 0.5) is 17.1 Å². The van der Waals surface area contributed by atoms with Crippen molar-refractivity contribution in [2.45, 2.75) is 39.2 Å². The number of nitrogens with zero attached hydrogens (tertiary/aromatic N) is 5. The van der Waals surface area contributed by atoms with E-state index in [1.165, 1.54) is 18.7 Å². The summed E-state index contributed by atoms with van der Waals surface area (Å²) in [5, 5.41) is 18.2. The summed E-state index contributed by atoms with van der Waals surface area (Å²) in [6, 6.07) is 3.16. The predicted octanol–water partition coefficient (Wildman–Crippen LogP) is 2.28. The molecule has 11 nitrogen and oxygen atoms in total. The lowest BCUT2D eigenvalue weighted by Crippen LogP contribution is -2.38. The molecule has 3 aromatic rings. The van der Waals surface area contributed by atoms with Crippen LogP contribution < -0.4 is 16.0 Å². The van der Waals surface area contributed by atoms with Gasteiger partial charge in [0.1, 0.15) is 12.2 Å². The first-order chi connectivity index (χ1) is 15.6. The molecule has 0 atom stereocenters. The van der Waals surface area contributed by atoms with Crippen molar-refractivity contribution in [3.8, 4) is 0 Å². The van der Waals surface area contributed by atoms with Gasteiger partial charge in [-0.1, -0.05) is 13.8 Å². The lowest BCUT2D eigenvalue weighted by molar-refractivity contribution is 0.0692. The third-order valence-corrected chi connectivity index (χ3v) is 4.33. The van der Waals surface area contributed by atoms with Gasteiger partial charge in [-0.2, -0.15) is 0 Å². The van der Waals surface area contributed by atoms with Gasteiger partial charge in [0.05, 0.1) is 41.3 Å². The van der Waals surface area contributed by atoms with Crippen LogP contribution in [-0.4, -0.2) is 54.0 Å². The average molecular weight is 451 g/mol. The fraction of sp³-hybridized carbons (Fsp3) is 0.318. The van der Waals surface area contributed by atoms with Crippen molar-refractivity contribution in [3.05, 3.63) is 60.5 Å². The zero-order valence-electron chi connectivity index (χ0n) is 18.8. The smallest absolute Gasteiger partial charge is 0.276 e. The number of aliphatic hydroxyl groups is 1. The van der Waals surface area contributed by atoms with E-state index >= 15 is 0 Å². The highest BCUT2D eigenvalue weighted by atomic mass is 16.3. The summed E-state index contributed by atoms with van der Waals surface area (Å²) < 4.78 is 0. The first-order valence-electron chi connectivity index (χ1n) is 10.3. The van der Waals surface area contributed by atoms with Crippen LogP contribution in [0.2, 0.25) is 0 Å². The van der Waals surface area contributed by atoms with Gasteiger partial charge in [0.25, 0.3) is 11.8 Å². The molecule has 0 saturated carbocycles. The molecule has 0 aromatic carbocycles. The lowest BCUT2D eigenvalue weighted by atomic mass is 10.1. The molecular formula is C22H26N8O3. The standard InChI is InChI=1S/C22H26N8O3/c1-13(2)19-26-10-16(28-14-8-23-12-24-9-14)18(30-19)21(32)29-15-6-5-7-25-17(15)20(31)27-11-22(3,4)33/h5-10,12-13,28,33H,11H2,1-4H3,(H,27,31)(H,29,32). The number of pyridine rings is 1. The quantitative estimate of drug-likeness (QED) is 0.404. The van der Waals surface area contributed by atoms with Crippen LogP contribution in [0.5, 0.6) is 0 Å². The van der Waals surface area contributed by atoms with Crippen molar-refractivity contribution in [1.29, 1.82) is 0 Å². The molecule has 2 amide bonds. The first-order valence-corrected chi connectivity index (χ1v) is 10.3. The van der Waals surface area contributed by atoms with Crippen molar-refractivity contribution in [2.75, 3.05) is 17.2 Å². The molecule has 0 radical (unpaired) electrons. The highest BCUT2D eigenvalue weighted by molar-refractivity contribution is 6.09. The summed E-state index contributed by atoms with van der Waals surface area (Å²) in [7, 11) is 0. The minimum Gasteiger partial charge on any atom is -0.389 e. The number of amides is 2. The monoisotopic (exact) mass is 450 g/mol. The molecule has 33 heavy (non-hydrogen) atoms. The number of nitrogens with one attached hydrogen (secondary N) is 3.